The van der Waals surface area contributed by atoms with Crippen LogP contribution in [0.2, 0.25) is 0 Å². The van der Waals surface area contributed by atoms with Gasteiger partial charge in [-0.2, -0.15) is 4.98 Å². The normalized spacial score (nSPS) is 13.4. The Bertz CT molecular complexity index is 869. The van der Waals surface area contributed by atoms with Crippen LogP contribution in [0.25, 0.3) is 0 Å². The fourth-order valence-electron chi connectivity index (χ4n) is 2.66. The number of fused-ring (bicyclic) bond motifs is 1. The fraction of sp³-hybridized carbons (Fsp3) is 0.312. The van der Waals surface area contributed by atoms with E-state index in [1.807, 2.05) is 0 Å². The van der Waals surface area contributed by atoms with Crippen molar-refractivity contribution in [1.29, 1.82) is 0 Å². The Morgan fingerprint density at radius 3 is 2.76 bits per heavy atom. The monoisotopic (exact) mass is 351 g/mol. The van der Waals surface area contributed by atoms with E-state index in [2.05, 4.69) is 4.98 Å². The first-order chi connectivity index (χ1) is 11.9. The zero-order valence-electron chi connectivity index (χ0n) is 13.1. The van der Waals surface area contributed by atoms with Gasteiger partial charge in [-0.1, -0.05) is 6.07 Å². The van der Waals surface area contributed by atoms with E-state index in [9.17, 15) is 18.4 Å². The van der Waals surface area contributed by atoms with Crippen LogP contribution in [0.4, 0.5) is 14.6 Å². The van der Waals surface area contributed by atoms with Crippen molar-refractivity contribution in [2.24, 2.45) is 0 Å². The van der Waals surface area contributed by atoms with Gasteiger partial charge in [0.2, 0.25) is 5.88 Å². The smallest absolute Gasteiger partial charge is 0.352 e. The third kappa shape index (κ3) is 3.76. The van der Waals surface area contributed by atoms with Gasteiger partial charge in [-0.05, 0) is 24.1 Å². The van der Waals surface area contributed by atoms with Gasteiger partial charge in [-0.25, -0.2) is 13.6 Å². The molecule has 0 radical (unpaired) electrons. The lowest BCUT2D eigenvalue weighted by Gasteiger charge is -2.30. The molecule has 0 saturated carbocycles. The molecule has 0 unspecified atom stereocenters. The number of carbonyl (C=O) groups is 1. The summed E-state index contributed by atoms with van der Waals surface area (Å²) in [7, 11) is 0. The van der Waals surface area contributed by atoms with E-state index in [0.717, 1.165) is 12.1 Å². The molecule has 2 aromatic rings. The maximum Gasteiger partial charge on any atom is 0.352 e. The Kier molecular flexibility index (Phi) is 4.64. The maximum absolute atomic E-state index is 13.2. The highest BCUT2D eigenvalue weighted by atomic mass is 19.2. The van der Waals surface area contributed by atoms with Crippen molar-refractivity contribution in [3.63, 3.8) is 0 Å². The number of carboxylic acid groups (broad SMARTS) is 1. The molecule has 7 nitrogen and oxygen atoms in total. The SMILES string of the molecule is O=C(O)CN1CCCn2c1cc(OCc1ccc(F)c(F)c1)nc2=O. The van der Waals surface area contributed by atoms with E-state index in [-0.39, 0.29) is 19.0 Å². The predicted molar refractivity (Wildman–Crippen MR) is 83.7 cm³/mol. The summed E-state index contributed by atoms with van der Waals surface area (Å²) in [6.07, 6.45) is 0.636. The molecule has 0 amide bonds. The van der Waals surface area contributed by atoms with Gasteiger partial charge in [0.05, 0.1) is 0 Å². The molecular formula is C16H15F2N3O4. The molecule has 9 heteroatoms. The van der Waals surface area contributed by atoms with Crippen LogP contribution in [-0.2, 0) is 17.9 Å². The Balaban J connectivity index is 1.83. The Labute approximate surface area is 141 Å². The summed E-state index contributed by atoms with van der Waals surface area (Å²) in [4.78, 5) is 28.4. The molecule has 1 aromatic heterocycles. The summed E-state index contributed by atoms with van der Waals surface area (Å²) in [6, 6.07) is 4.82. The lowest BCUT2D eigenvalue weighted by Crippen LogP contribution is -2.41. The number of aromatic nitrogens is 2. The molecule has 0 aliphatic carbocycles. The van der Waals surface area contributed by atoms with Crippen molar-refractivity contribution in [3.05, 3.63) is 51.9 Å². The molecule has 0 saturated heterocycles. The second-order valence-corrected chi connectivity index (χ2v) is 5.59. The Hall–Kier alpha value is -2.97. The van der Waals surface area contributed by atoms with Crippen molar-refractivity contribution in [1.82, 2.24) is 9.55 Å². The van der Waals surface area contributed by atoms with E-state index < -0.39 is 23.3 Å². The van der Waals surface area contributed by atoms with Crippen molar-refractivity contribution in [3.8, 4) is 5.88 Å². The summed E-state index contributed by atoms with van der Waals surface area (Å²) in [5, 5.41) is 8.99. The highest BCUT2D eigenvalue weighted by molar-refractivity contribution is 5.73. The first-order valence-electron chi connectivity index (χ1n) is 7.59. The lowest BCUT2D eigenvalue weighted by molar-refractivity contribution is -0.135. The van der Waals surface area contributed by atoms with Crippen molar-refractivity contribution in [2.45, 2.75) is 19.6 Å². The summed E-state index contributed by atoms with van der Waals surface area (Å²) in [5.41, 5.74) is -0.172. The minimum atomic E-state index is -1.01. The third-order valence-corrected chi connectivity index (χ3v) is 3.80. The number of ether oxygens (including phenoxy) is 1. The number of hydrogen-bond donors (Lipinski definition) is 1. The van der Waals surface area contributed by atoms with E-state index in [0.29, 0.717) is 30.9 Å². The number of anilines is 1. The molecule has 2 heterocycles. The minimum absolute atomic E-state index is 0.00160. The predicted octanol–water partition coefficient (Wildman–Crippen LogP) is 1.40. The average Bonchev–Trinajstić information content (AvgIpc) is 2.56. The molecule has 1 aliphatic heterocycles. The van der Waals surface area contributed by atoms with Gasteiger partial charge in [-0.3, -0.25) is 9.36 Å². The average molecular weight is 351 g/mol. The molecule has 1 aromatic carbocycles. The molecule has 25 heavy (non-hydrogen) atoms. The van der Waals surface area contributed by atoms with Crippen LogP contribution in [0, 0.1) is 11.6 Å². The van der Waals surface area contributed by atoms with Crippen molar-refractivity contribution < 1.29 is 23.4 Å². The summed E-state index contributed by atoms with van der Waals surface area (Å²) in [6.45, 7) is 0.594. The zero-order chi connectivity index (χ0) is 18.0. The van der Waals surface area contributed by atoms with Crippen LogP contribution in [0.15, 0.2) is 29.1 Å². The number of nitrogens with zero attached hydrogens (tertiary/aromatic N) is 3. The van der Waals surface area contributed by atoms with E-state index in [4.69, 9.17) is 9.84 Å². The zero-order valence-corrected chi connectivity index (χ0v) is 13.1. The third-order valence-electron chi connectivity index (χ3n) is 3.80. The van der Waals surface area contributed by atoms with E-state index in [1.54, 1.807) is 4.90 Å². The summed E-state index contributed by atoms with van der Waals surface area (Å²) >= 11 is 0. The van der Waals surface area contributed by atoms with Crippen molar-refractivity contribution >= 4 is 11.8 Å². The fourth-order valence-corrected chi connectivity index (χ4v) is 2.66. The van der Waals surface area contributed by atoms with Gasteiger partial charge in [0.15, 0.2) is 11.6 Å². The first-order valence-corrected chi connectivity index (χ1v) is 7.59. The molecule has 0 bridgehead atoms. The second kappa shape index (κ2) is 6.88. The van der Waals surface area contributed by atoms with Gasteiger partial charge in [0.25, 0.3) is 0 Å². The van der Waals surface area contributed by atoms with E-state index in [1.165, 1.54) is 16.7 Å². The molecule has 1 N–H and O–H groups in total. The molecule has 0 atom stereocenters. The van der Waals surface area contributed by atoms with Crippen LogP contribution in [-0.4, -0.2) is 33.7 Å². The van der Waals surface area contributed by atoms with Gasteiger partial charge in [0.1, 0.15) is 19.0 Å². The largest absolute Gasteiger partial charge is 0.480 e. The number of halogens is 2. The summed E-state index contributed by atoms with van der Waals surface area (Å²) < 4.78 is 32.9. The van der Waals surface area contributed by atoms with Crippen molar-refractivity contribution in [2.75, 3.05) is 18.0 Å². The number of hydrogen-bond acceptors (Lipinski definition) is 5. The topological polar surface area (TPSA) is 84.7 Å². The van der Waals surface area contributed by atoms with E-state index >= 15 is 0 Å². The summed E-state index contributed by atoms with van der Waals surface area (Å²) in [5.74, 6) is -2.56. The quantitative estimate of drug-likeness (QED) is 0.876. The highest BCUT2D eigenvalue weighted by Gasteiger charge is 2.21. The molecular weight excluding hydrogens is 336 g/mol. The second-order valence-electron chi connectivity index (χ2n) is 5.59. The Morgan fingerprint density at radius 1 is 1.24 bits per heavy atom. The molecule has 0 fully saturated rings. The van der Waals surface area contributed by atoms with Crippen LogP contribution in [0.3, 0.4) is 0 Å². The highest BCUT2D eigenvalue weighted by Crippen LogP contribution is 2.22. The van der Waals surface area contributed by atoms with Gasteiger partial charge >= 0.3 is 11.7 Å². The molecule has 3 rings (SSSR count). The number of rotatable bonds is 5. The molecule has 1 aliphatic rings. The molecule has 132 valence electrons. The Morgan fingerprint density at radius 2 is 2.04 bits per heavy atom. The van der Waals surface area contributed by atoms with Gasteiger partial charge < -0.3 is 14.7 Å². The van der Waals surface area contributed by atoms with Gasteiger partial charge in [0, 0.05) is 19.2 Å². The maximum atomic E-state index is 13.2. The number of aliphatic carboxylic acids is 1. The van der Waals surface area contributed by atoms with Gasteiger partial charge in [-0.15, -0.1) is 0 Å². The van der Waals surface area contributed by atoms with Crippen LogP contribution >= 0.6 is 0 Å². The van der Waals surface area contributed by atoms with Crippen LogP contribution in [0.1, 0.15) is 12.0 Å². The number of benzene rings is 1. The standard InChI is InChI=1S/C16H15F2N3O4/c17-11-3-2-10(6-12(11)18)9-25-13-7-14-20(8-15(22)23)4-1-5-21(14)16(24)19-13/h2-3,6-7H,1,4-5,8-9H2,(H,22,23). The molecule has 0 spiro atoms. The van der Waals surface area contributed by atoms with Crippen LogP contribution in [0.5, 0.6) is 5.88 Å². The number of carboxylic acids is 1. The lowest BCUT2D eigenvalue weighted by atomic mass is 10.2. The minimum Gasteiger partial charge on any atom is -0.480 e. The van der Waals surface area contributed by atoms with Crippen LogP contribution < -0.4 is 15.3 Å². The first kappa shape index (κ1) is 16.9.